The Hall–Kier alpha value is -2.35. The highest BCUT2D eigenvalue weighted by Crippen LogP contribution is 2.22. The smallest absolute Gasteiger partial charge is 0.332 e. The van der Waals surface area contributed by atoms with Crippen molar-refractivity contribution in [3.63, 3.8) is 0 Å². The summed E-state index contributed by atoms with van der Waals surface area (Å²) in [7, 11) is 3.12. The highest BCUT2D eigenvalue weighted by atomic mass is 79.9. The van der Waals surface area contributed by atoms with E-state index in [1.807, 2.05) is 28.8 Å². The lowest BCUT2D eigenvalue weighted by atomic mass is 10.2. The first-order valence-corrected chi connectivity index (χ1v) is 9.38. The second kappa shape index (κ2) is 7.49. The van der Waals surface area contributed by atoms with E-state index in [4.69, 9.17) is 0 Å². The molecule has 0 saturated carbocycles. The number of nitrogens with one attached hydrogen (secondary N) is 1. The molecular formula is C18H22BrN5O2. The van der Waals surface area contributed by atoms with Gasteiger partial charge in [0.25, 0.3) is 5.56 Å². The summed E-state index contributed by atoms with van der Waals surface area (Å²) in [5.41, 5.74) is 1.12. The molecule has 0 unspecified atom stereocenters. The van der Waals surface area contributed by atoms with Crippen LogP contribution in [0.25, 0.3) is 11.2 Å². The van der Waals surface area contributed by atoms with Gasteiger partial charge in [-0.3, -0.25) is 18.5 Å². The molecule has 0 aliphatic rings. The molecule has 0 saturated heterocycles. The molecule has 26 heavy (non-hydrogen) atoms. The fourth-order valence-electron chi connectivity index (χ4n) is 2.91. The highest BCUT2D eigenvalue weighted by Gasteiger charge is 2.19. The number of aryl methyl sites for hydroxylation is 1. The van der Waals surface area contributed by atoms with E-state index in [1.54, 1.807) is 7.05 Å². The van der Waals surface area contributed by atoms with Crippen LogP contribution in [0.5, 0.6) is 0 Å². The first-order chi connectivity index (χ1) is 12.5. The Morgan fingerprint density at radius 3 is 2.58 bits per heavy atom. The molecule has 0 spiro atoms. The van der Waals surface area contributed by atoms with Gasteiger partial charge in [0.05, 0.1) is 6.54 Å². The zero-order valence-electron chi connectivity index (χ0n) is 15.1. The predicted molar refractivity (Wildman–Crippen MR) is 107 cm³/mol. The normalized spacial score (nSPS) is 11.2. The minimum absolute atomic E-state index is 0.341. The largest absolute Gasteiger partial charge is 0.356 e. The van der Waals surface area contributed by atoms with Gasteiger partial charge in [-0.1, -0.05) is 47.5 Å². The van der Waals surface area contributed by atoms with Crippen molar-refractivity contribution in [2.45, 2.75) is 26.3 Å². The third-order valence-corrected chi connectivity index (χ3v) is 5.22. The van der Waals surface area contributed by atoms with Crippen LogP contribution in [0, 0.1) is 0 Å². The number of hydrogen-bond acceptors (Lipinski definition) is 4. The third kappa shape index (κ3) is 3.21. The summed E-state index contributed by atoms with van der Waals surface area (Å²) in [4.78, 5) is 29.6. The van der Waals surface area contributed by atoms with Gasteiger partial charge in [-0.05, 0) is 18.1 Å². The topological polar surface area (TPSA) is 73.8 Å². The zero-order chi connectivity index (χ0) is 18.8. The number of fused-ring (bicyclic) bond motifs is 1. The molecule has 2 aromatic heterocycles. The average molecular weight is 420 g/mol. The van der Waals surface area contributed by atoms with Crippen molar-refractivity contribution >= 4 is 33.0 Å². The molecule has 3 rings (SSSR count). The summed E-state index contributed by atoms with van der Waals surface area (Å²) < 4.78 is 5.35. The number of rotatable bonds is 6. The number of anilines is 1. The molecule has 1 aromatic carbocycles. The van der Waals surface area contributed by atoms with Crippen LogP contribution >= 0.6 is 15.9 Å². The summed E-state index contributed by atoms with van der Waals surface area (Å²) >= 11 is 3.56. The van der Waals surface area contributed by atoms with E-state index in [9.17, 15) is 9.59 Å². The Morgan fingerprint density at radius 2 is 1.88 bits per heavy atom. The minimum atomic E-state index is -0.381. The fourth-order valence-corrected chi connectivity index (χ4v) is 3.32. The molecule has 8 heteroatoms. The van der Waals surface area contributed by atoms with Crippen molar-refractivity contribution in [1.82, 2.24) is 18.7 Å². The van der Waals surface area contributed by atoms with E-state index in [0.717, 1.165) is 34.0 Å². The molecular weight excluding hydrogens is 398 g/mol. The average Bonchev–Trinajstić information content (AvgIpc) is 2.99. The van der Waals surface area contributed by atoms with E-state index in [-0.39, 0.29) is 11.2 Å². The second-order valence-corrected chi connectivity index (χ2v) is 7.13. The quantitative estimate of drug-likeness (QED) is 0.622. The summed E-state index contributed by atoms with van der Waals surface area (Å²) in [6.07, 6.45) is 2.05. The van der Waals surface area contributed by atoms with Gasteiger partial charge in [-0.25, -0.2) is 4.79 Å². The van der Waals surface area contributed by atoms with Gasteiger partial charge in [0.1, 0.15) is 0 Å². The van der Waals surface area contributed by atoms with Crippen molar-refractivity contribution in [2.75, 3.05) is 11.9 Å². The summed E-state index contributed by atoms with van der Waals surface area (Å²) in [6.45, 7) is 3.34. The fraction of sp³-hybridized carbons (Fsp3) is 0.389. The summed E-state index contributed by atoms with van der Waals surface area (Å²) in [6, 6.07) is 7.87. The Kier molecular flexibility index (Phi) is 5.31. The van der Waals surface area contributed by atoms with Crippen LogP contribution in [0.3, 0.4) is 0 Å². The number of imidazole rings is 1. The molecule has 0 radical (unpaired) electrons. The van der Waals surface area contributed by atoms with Crippen molar-refractivity contribution in [3.8, 4) is 0 Å². The molecule has 0 aliphatic heterocycles. The second-order valence-electron chi connectivity index (χ2n) is 6.27. The predicted octanol–water partition coefficient (Wildman–Crippen LogP) is 2.46. The van der Waals surface area contributed by atoms with E-state index < -0.39 is 0 Å². The Labute approximate surface area is 159 Å². The Bertz CT molecular complexity index is 1060. The number of halogens is 1. The third-order valence-electron chi connectivity index (χ3n) is 4.45. The number of nitrogens with zero attached hydrogens (tertiary/aromatic N) is 4. The minimum Gasteiger partial charge on any atom is -0.356 e. The van der Waals surface area contributed by atoms with E-state index in [1.165, 1.54) is 11.6 Å². The first kappa shape index (κ1) is 18.4. The van der Waals surface area contributed by atoms with Crippen LogP contribution in [0.4, 0.5) is 5.95 Å². The molecule has 2 heterocycles. The summed E-state index contributed by atoms with van der Waals surface area (Å²) in [5, 5.41) is 3.31. The lowest BCUT2D eigenvalue weighted by Gasteiger charge is -2.12. The molecule has 0 aliphatic carbocycles. The molecule has 0 bridgehead atoms. The maximum atomic E-state index is 12.8. The lowest BCUT2D eigenvalue weighted by molar-refractivity contribution is 0.702. The maximum absolute atomic E-state index is 12.8. The van der Waals surface area contributed by atoms with Crippen molar-refractivity contribution in [3.05, 3.63) is 55.1 Å². The molecule has 0 amide bonds. The molecule has 0 atom stereocenters. The molecule has 0 fully saturated rings. The van der Waals surface area contributed by atoms with Gasteiger partial charge >= 0.3 is 5.69 Å². The number of unbranched alkanes of at least 4 members (excludes halogenated alkanes) is 1. The van der Waals surface area contributed by atoms with Gasteiger partial charge in [0.2, 0.25) is 5.95 Å². The summed E-state index contributed by atoms with van der Waals surface area (Å²) in [5.74, 6) is 0.600. The Balaban J connectivity index is 2.23. The van der Waals surface area contributed by atoms with Gasteiger partial charge in [-0.2, -0.15) is 4.98 Å². The monoisotopic (exact) mass is 419 g/mol. The number of aromatic nitrogens is 4. The standard InChI is InChI=1S/C18H22BrN5O2/c1-4-5-10-20-17-21-15-14(16(25)23(3)18(26)22(15)2)24(17)11-12-8-6-7-9-13(12)19/h6-9H,4-5,10-11H2,1-3H3,(H,20,21). The molecule has 1 N–H and O–H groups in total. The van der Waals surface area contributed by atoms with E-state index >= 15 is 0 Å². The van der Waals surface area contributed by atoms with Crippen molar-refractivity contribution in [1.29, 1.82) is 0 Å². The van der Waals surface area contributed by atoms with Gasteiger partial charge in [0, 0.05) is 25.1 Å². The number of hydrogen-bond donors (Lipinski definition) is 1. The zero-order valence-corrected chi connectivity index (χ0v) is 16.7. The van der Waals surface area contributed by atoms with Crippen molar-refractivity contribution in [2.24, 2.45) is 14.1 Å². The molecule has 7 nitrogen and oxygen atoms in total. The van der Waals surface area contributed by atoms with Crippen molar-refractivity contribution < 1.29 is 0 Å². The SMILES string of the molecule is CCCCNc1nc2c(c(=O)n(C)c(=O)n2C)n1Cc1ccccc1Br. The molecule has 3 aromatic rings. The van der Waals surface area contributed by atoms with Crippen LogP contribution in [0.2, 0.25) is 0 Å². The number of benzene rings is 1. The maximum Gasteiger partial charge on any atom is 0.332 e. The Morgan fingerprint density at radius 1 is 1.15 bits per heavy atom. The highest BCUT2D eigenvalue weighted by molar-refractivity contribution is 9.10. The van der Waals surface area contributed by atoms with E-state index in [0.29, 0.717) is 23.7 Å². The van der Waals surface area contributed by atoms with Crippen LogP contribution in [0.1, 0.15) is 25.3 Å². The lowest BCUT2D eigenvalue weighted by Crippen LogP contribution is -2.37. The molecule has 138 valence electrons. The van der Waals surface area contributed by atoms with Gasteiger partial charge in [-0.15, -0.1) is 0 Å². The van der Waals surface area contributed by atoms with E-state index in [2.05, 4.69) is 33.2 Å². The van der Waals surface area contributed by atoms with Crippen LogP contribution < -0.4 is 16.6 Å². The van der Waals surface area contributed by atoms with Gasteiger partial charge in [0.15, 0.2) is 11.2 Å². The van der Waals surface area contributed by atoms with Crippen LogP contribution in [-0.4, -0.2) is 25.2 Å². The first-order valence-electron chi connectivity index (χ1n) is 8.59. The van der Waals surface area contributed by atoms with Gasteiger partial charge < -0.3 is 5.32 Å². The van der Waals surface area contributed by atoms with Crippen LogP contribution in [0.15, 0.2) is 38.3 Å². The van der Waals surface area contributed by atoms with Crippen LogP contribution in [-0.2, 0) is 20.6 Å².